The van der Waals surface area contributed by atoms with Gasteiger partial charge in [0.2, 0.25) is 0 Å². The molecule has 1 fully saturated rings. The largest absolute Gasteiger partial charge is 0.330 e. The Bertz CT molecular complexity index is 791. The van der Waals surface area contributed by atoms with Gasteiger partial charge in [0.1, 0.15) is 5.82 Å². The standard InChI is InChI=1S/C20H29N5O/c1-15(2)24-14-16(8-9-23-12-10-22(3)11-13-23)19-21-17-6-4-5-7-18(17)25(19)20(24)26/h4-7,15-16H,8-14H2,1-3H3. The lowest BCUT2D eigenvalue weighted by molar-refractivity contribution is 0.139. The van der Waals surface area contributed by atoms with Crippen molar-refractivity contribution in [2.75, 3.05) is 46.3 Å². The van der Waals surface area contributed by atoms with Gasteiger partial charge in [0.25, 0.3) is 0 Å². The predicted octanol–water partition coefficient (Wildman–Crippen LogP) is 2.45. The van der Waals surface area contributed by atoms with E-state index in [1.807, 2.05) is 33.7 Å². The molecule has 2 aromatic rings. The average molecular weight is 355 g/mol. The van der Waals surface area contributed by atoms with Crippen LogP contribution in [0.4, 0.5) is 4.79 Å². The van der Waals surface area contributed by atoms with Gasteiger partial charge in [-0.1, -0.05) is 12.1 Å². The van der Waals surface area contributed by atoms with E-state index in [-0.39, 0.29) is 12.1 Å². The zero-order valence-electron chi connectivity index (χ0n) is 16.1. The zero-order valence-corrected chi connectivity index (χ0v) is 16.1. The molecule has 0 saturated carbocycles. The van der Waals surface area contributed by atoms with Gasteiger partial charge in [-0.2, -0.15) is 0 Å². The van der Waals surface area contributed by atoms with Crippen molar-refractivity contribution in [2.45, 2.75) is 32.2 Å². The fourth-order valence-electron chi connectivity index (χ4n) is 4.11. The molecule has 2 aliphatic rings. The van der Waals surface area contributed by atoms with Gasteiger partial charge in [0.15, 0.2) is 0 Å². The molecule has 0 bridgehead atoms. The maximum absolute atomic E-state index is 13.1. The van der Waals surface area contributed by atoms with Crippen LogP contribution in [0.5, 0.6) is 0 Å². The number of hydrogen-bond acceptors (Lipinski definition) is 4. The molecular weight excluding hydrogens is 326 g/mol. The Morgan fingerprint density at radius 3 is 2.62 bits per heavy atom. The van der Waals surface area contributed by atoms with Crippen LogP contribution in [0.3, 0.4) is 0 Å². The van der Waals surface area contributed by atoms with Crippen molar-refractivity contribution < 1.29 is 4.79 Å². The van der Waals surface area contributed by atoms with Crippen molar-refractivity contribution in [3.63, 3.8) is 0 Å². The Morgan fingerprint density at radius 1 is 1.15 bits per heavy atom. The van der Waals surface area contributed by atoms with E-state index in [0.717, 1.165) is 62.5 Å². The third kappa shape index (κ3) is 3.12. The number of rotatable bonds is 4. The first-order valence-electron chi connectivity index (χ1n) is 9.74. The molecule has 3 heterocycles. The maximum Gasteiger partial charge on any atom is 0.330 e. The molecule has 1 aromatic carbocycles. The molecular formula is C20H29N5O. The van der Waals surface area contributed by atoms with E-state index in [0.29, 0.717) is 5.92 Å². The lowest BCUT2D eigenvalue weighted by atomic mass is 10.0. The van der Waals surface area contributed by atoms with E-state index < -0.39 is 0 Å². The fourth-order valence-corrected chi connectivity index (χ4v) is 4.11. The average Bonchev–Trinajstić information content (AvgIpc) is 3.02. The number of para-hydroxylation sites is 2. The van der Waals surface area contributed by atoms with Crippen LogP contribution in [0.15, 0.2) is 24.3 Å². The Hall–Kier alpha value is -1.92. The summed E-state index contributed by atoms with van der Waals surface area (Å²) in [6.45, 7) is 10.6. The van der Waals surface area contributed by atoms with Crippen LogP contribution in [0.25, 0.3) is 11.0 Å². The van der Waals surface area contributed by atoms with E-state index >= 15 is 0 Å². The number of amides is 1. The highest BCUT2D eigenvalue weighted by Gasteiger charge is 2.35. The first-order valence-corrected chi connectivity index (χ1v) is 9.74. The fraction of sp³-hybridized carbons (Fsp3) is 0.600. The first-order chi connectivity index (χ1) is 12.5. The second-order valence-electron chi connectivity index (χ2n) is 7.95. The van der Waals surface area contributed by atoms with Crippen molar-refractivity contribution in [3.8, 4) is 0 Å². The topological polar surface area (TPSA) is 44.6 Å². The van der Waals surface area contributed by atoms with E-state index in [4.69, 9.17) is 4.98 Å². The summed E-state index contributed by atoms with van der Waals surface area (Å²) in [4.78, 5) is 24.8. The van der Waals surface area contributed by atoms with Crippen LogP contribution in [-0.4, -0.2) is 82.6 Å². The summed E-state index contributed by atoms with van der Waals surface area (Å²) in [5.74, 6) is 1.24. The molecule has 4 rings (SSSR count). The molecule has 0 radical (unpaired) electrons. The van der Waals surface area contributed by atoms with Crippen LogP contribution < -0.4 is 0 Å². The number of benzene rings is 1. The molecule has 1 saturated heterocycles. The Labute approximate surface area is 155 Å². The highest BCUT2D eigenvalue weighted by molar-refractivity contribution is 5.91. The highest BCUT2D eigenvalue weighted by atomic mass is 16.2. The molecule has 1 atom stereocenters. The monoisotopic (exact) mass is 355 g/mol. The van der Waals surface area contributed by atoms with Crippen LogP contribution in [-0.2, 0) is 0 Å². The summed E-state index contributed by atoms with van der Waals surface area (Å²) >= 11 is 0. The Balaban J connectivity index is 1.60. The summed E-state index contributed by atoms with van der Waals surface area (Å²) < 4.78 is 1.85. The van der Waals surface area contributed by atoms with E-state index in [9.17, 15) is 4.79 Å². The lowest BCUT2D eigenvalue weighted by Gasteiger charge is -2.37. The predicted molar refractivity (Wildman–Crippen MR) is 104 cm³/mol. The van der Waals surface area contributed by atoms with Gasteiger partial charge in [-0.05, 0) is 46.0 Å². The van der Waals surface area contributed by atoms with Crippen molar-refractivity contribution >= 4 is 17.1 Å². The number of nitrogens with zero attached hydrogens (tertiary/aromatic N) is 5. The minimum absolute atomic E-state index is 0.0690. The van der Waals surface area contributed by atoms with Crippen LogP contribution in [0.1, 0.15) is 32.0 Å². The molecule has 0 N–H and O–H groups in total. The number of carbonyl (C=O) groups is 1. The third-order valence-electron chi connectivity index (χ3n) is 5.82. The van der Waals surface area contributed by atoms with Crippen molar-refractivity contribution in [1.82, 2.24) is 24.3 Å². The molecule has 6 heteroatoms. The molecule has 26 heavy (non-hydrogen) atoms. The summed E-state index contributed by atoms with van der Waals surface area (Å²) in [6, 6.07) is 8.25. The normalized spacial score (nSPS) is 22.4. The molecule has 0 spiro atoms. The number of imidazole rings is 1. The Morgan fingerprint density at radius 2 is 1.88 bits per heavy atom. The number of piperazine rings is 1. The minimum atomic E-state index is 0.0690. The summed E-state index contributed by atoms with van der Waals surface area (Å²) in [5, 5.41) is 0. The van der Waals surface area contributed by atoms with E-state index in [1.54, 1.807) is 0 Å². The van der Waals surface area contributed by atoms with Gasteiger partial charge >= 0.3 is 6.03 Å². The Kier molecular flexibility index (Phi) is 4.71. The maximum atomic E-state index is 13.1. The van der Waals surface area contributed by atoms with Crippen molar-refractivity contribution in [1.29, 1.82) is 0 Å². The number of fused-ring (bicyclic) bond motifs is 3. The van der Waals surface area contributed by atoms with Crippen molar-refractivity contribution in [2.24, 2.45) is 0 Å². The summed E-state index contributed by atoms with van der Waals surface area (Å²) in [6.07, 6.45) is 1.05. The second kappa shape index (κ2) is 7.00. The zero-order chi connectivity index (χ0) is 18.3. The second-order valence-corrected chi connectivity index (χ2v) is 7.95. The molecule has 1 unspecified atom stereocenters. The van der Waals surface area contributed by atoms with Crippen LogP contribution in [0, 0.1) is 0 Å². The number of aromatic nitrogens is 2. The lowest BCUT2D eigenvalue weighted by Crippen LogP contribution is -2.48. The van der Waals surface area contributed by atoms with Gasteiger partial charge in [0, 0.05) is 44.7 Å². The SMILES string of the molecule is CC(C)N1CC(CCN2CCN(C)CC2)c2nc3ccccc3n2C1=O. The quantitative estimate of drug-likeness (QED) is 0.845. The smallest absolute Gasteiger partial charge is 0.321 e. The number of likely N-dealkylation sites (N-methyl/N-ethyl adjacent to an activating group) is 1. The van der Waals surface area contributed by atoms with Crippen LogP contribution >= 0.6 is 0 Å². The molecule has 1 amide bonds. The molecule has 6 nitrogen and oxygen atoms in total. The van der Waals surface area contributed by atoms with Gasteiger partial charge < -0.3 is 14.7 Å². The molecule has 2 aliphatic heterocycles. The van der Waals surface area contributed by atoms with Gasteiger partial charge in [-0.25, -0.2) is 14.3 Å². The van der Waals surface area contributed by atoms with E-state index in [1.165, 1.54) is 0 Å². The summed E-state index contributed by atoms with van der Waals surface area (Å²) in [5.41, 5.74) is 1.86. The molecule has 0 aliphatic carbocycles. The number of hydrogen-bond donors (Lipinski definition) is 0. The summed E-state index contributed by atoms with van der Waals surface area (Å²) in [7, 11) is 2.19. The third-order valence-corrected chi connectivity index (χ3v) is 5.82. The van der Waals surface area contributed by atoms with Crippen LogP contribution in [0.2, 0.25) is 0 Å². The minimum Gasteiger partial charge on any atom is -0.321 e. The highest BCUT2D eigenvalue weighted by Crippen LogP contribution is 2.31. The molecule has 1 aromatic heterocycles. The number of carbonyl (C=O) groups excluding carboxylic acids is 1. The van der Waals surface area contributed by atoms with Gasteiger partial charge in [-0.15, -0.1) is 0 Å². The molecule has 140 valence electrons. The van der Waals surface area contributed by atoms with Gasteiger partial charge in [-0.3, -0.25) is 0 Å². The van der Waals surface area contributed by atoms with Crippen molar-refractivity contribution in [3.05, 3.63) is 30.1 Å². The van der Waals surface area contributed by atoms with Gasteiger partial charge in [0.05, 0.1) is 11.0 Å². The van der Waals surface area contributed by atoms with E-state index in [2.05, 4.69) is 30.7 Å². The first kappa shape index (κ1) is 17.5.